The number of aliphatic carboxylic acids is 1. The molecule has 0 saturated heterocycles. The van der Waals surface area contributed by atoms with Crippen LogP contribution in [0.4, 0.5) is 0 Å². The second-order valence-electron chi connectivity index (χ2n) is 3.05. The Bertz CT molecular complexity index is 159. The Kier molecular flexibility index (Phi) is 4.59. The van der Waals surface area contributed by atoms with E-state index in [-0.39, 0.29) is 0 Å². The molecule has 0 rings (SSSR count). The van der Waals surface area contributed by atoms with Gasteiger partial charge >= 0.3 is 5.97 Å². The molecule has 64 valence electrons. The van der Waals surface area contributed by atoms with Crippen LogP contribution in [0.15, 0.2) is 11.6 Å². The number of carboxylic acids is 1. The summed E-state index contributed by atoms with van der Waals surface area (Å²) < 4.78 is 0. The lowest BCUT2D eigenvalue weighted by Gasteiger charge is -2.06. The maximum Gasteiger partial charge on any atom is 0.328 e. The molecule has 0 fully saturated rings. The summed E-state index contributed by atoms with van der Waals surface area (Å²) in [5.74, 6) is -0.253. The lowest BCUT2D eigenvalue weighted by Crippen LogP contribution is -1.96. The highest BCUT2D eigenvalue weighted by molar-refractivity contribution is 5.80. The van der Waals surface area contributed by atoms with E-state index in [0.717, 1.165) is 18.4 Å². The van der Waals surface area contributed by atoms with E-state index in [0.29, 0.717) is 5.92 Å². The van der Waals surface area contributed by atoms with Crippen LogP contribution < -0.4 is 0 Å². The Hall–Kier alpha value is -0.790. The summed E-state index contributed by atoms with van der Waals surface area (Å²) in [6.45, 7) is 6.10. The van der Waals surface area contributed by atoms with Crippen molar-refractivity contribution in [2.24, 2.45) is 5.92 Å². The highest BCUT2D eigenvalue weighted by Crippen LogP contribution is 2.13. The van der Waals surface area contributed by atoms with Crippen LogP contribution in [0, 0.1) is 5.92 Å². The highest BCUT2D eigenvalue weighted by atomic mass is 16.4. The van der Waals surface area contributed by atoms with Crippen molar-refractivity contribution in [2.45, 2.75) is 33.6 Å². The van der Waals surface area contributed by atoms with E-state index in [4.69, 9.17) is 5.11 Å². The molecular formula is C9H16O2. The van der Waals surface area contributed by atoms with Crippen molar-refractivity contribution in [2.75, 3.05) is 0 Å². The van der Waals surface area contributed by atoms with Gasteiger partial charge in [-0.3, -0.25) is 0 Å². The summed E-state index contributed by atoms with van der Waals surface area (Å²) in [5.41, 5.74) is 0.951. The molecule has 0 heterocycles. The normalized spacial score (nSPS) is 14.6. The fourth-order valence-electron chi connectivity index (χ4n) is 0.964. The minimum Gasteiger partial charge on any atom is -0.478 e. The van der Waals surface area contributed by atoms with Crippen molar-refractivity contribution in [3.8, 4) is 0 Å². The maximum atomic E-state index is 10.2. The molecule has 1 unspecified atom stereocenters. The number of rotatable bonds is 4. The van der Waals surface area contributed by atoms with Gasteiger partial charge in [-0.15, -0.1) is 0 Å². The number of allylic oxidation sites excluding steroid dienone is 1. The molecule has 1 atom stereocenters. The van der Waals surface area contributed by atoms with Gasteiger partial charge in [0.1, 0.15) is 0 Å². The predicted molar refractivity (Wildman–Crippen MR) is 45.5 cm³/mol. The first-order chi connectivity index (χ1) is 5.06. The predicted octanol–water partition coefficient (Wildman–Crippen LogP) is 2.45. The fourth-order valence-corrected chi connectivity index (χ4v) is 0.964. The lowest BCUT2D eigenvalue weighted by atomic mass is 10.00. The number of carbonyl (C=O) groups is 1. The third-order valence-corrected chi connectivity index (χ3v) is 1.74. The first kappa shape index (κ1) is 10.2. The van der Waals surface area contributed by atoms with Gasteiger partial charge in [-0.25, -0.2) is 4.79 Å². The van der Waals surface area contributed by atoms with Crippen LogP contribution in [0.3, 0.4) is 0 Å². The van der Waals surface area contributed by atoms with Gasteiger partial charge in [0, 0.05) is 6.08 Å². The summed E-state index contributed by atoms with van der Waals surface area (Å²) in [6.07, 6.45) is 3.28. The average molecular weight is 156 g/mol. The smallest absolute Gasteiger partial charge is 0.328 e. The second-order valence-corrected chi connectivity index (χ2v) is 3.05. The molecule has 0 aromatic rings. The van der Waals surface area contributed by atoms with E-state index in [1.807, 2.05) is 6.92 Å². The van der Waals surface area contributed by atoms with E-state index in [1.54, 1.807) is 0 Å². The zero-order valence-electron chi connectivity index (χ0n) is 7.42. The van der Waals surface area contributed by atoms with Gasteiger partial charge in [0.2, 0.25) is 0 Å². The van der Waals surface area contributed by atoms with Crippen LogP contribution in [0.25, 0.3) is 0 Å². The molecule has 2 heteroatoms. The molecule has 0 aliphatic carbocycles. The number of hydrogen-bond acceptors (Lipinski definition) is 1. The van der Waals surface area contributed by atoms with Gasteiger partial charge in [-0.05, 0) is 19.3 Å². The van der Waals surface area contributed by atoms with Gasteiger partial charge in [-0.2, -0.15) is 0 Å². The monoisotopic (exact) mass is 156 g/mol. The van der Waals surface area contributed by atoms with E-state index < -0.39 is 5.97 Å². The molecular weight excluding hydrogens is 140 g/mol. The number of carboxylic acid groups (broad SMARTS) is 1. The number of hydrogen-bond donors (Lipinski definition) is 1. The molecule has 2 nitrogen and oxygen atoms in total. The zero-order chi connectivity index (χ0) is 8.85. The van der Waals surface area contributed by atoms with Crippen molar-refractivity contribution >= 4 is 5.97 Å². The van der Waals surface area contributed by atoms with Crippen molar-refractivity contribution in [1.82, 2.24) is 0 Å². The molecule has 0 saturated carbocycles. The standard InChI is InChI=1S/C9H16O2/c1-4-7(2)5-8(3)6-9(10)11/h6-7H,4-5H2,1-3H3,(H,10,11)/b8-6+. The van der Waals surface area contributed by atoms with Crippen LogP contribution in [-0.4, -0.2) is 11.1 Å². The Labute approximate surface area is 67.9 Å². The molecule has 0 amide bonds. The van der Waals surface area contributed by atoms with Crippen LogP contribution in [0.2, 0.25) is 0 Å². The molecule has 0 bridgehead atoms. The quantitative estimate of drug-likeness (QED) is 0.635. The topological polar surface area (TPSA) is 37.3 Å². The Morgan fingerprint density at radius 2 is 2.18 bits per heavy atom. The first-order valence-electron chi connectivity index (χ1n) is 3.96. The summed E-state index contributed by atoms with van der Waals surface area (Å²) in [6, 6.07) is 0. The van der Waals surface area contributed by atoms with Crippen molar-refractivity contribution in [3.05, 3.63) is 11.6 Å². The van der Waals surface area contributed by atoms with Crippen molar-refractivity contribution in [3.63, 3.8) is 0 Å². The van der Waals surface area contributed by atoms with Crippen molar-refractivity contribution < 1.29 is 9.90 Å². The zero-order valence-corrected chi connectivity index (χ0v) is 7.42. The van der Waals surface area contributed by atoms with E-state index in [1.165, 1.54) is 6.08 Å². The molecule has 11 heavy (non-hydrogen) atoms. The minimum absolute atomic E-state index is 0.589. The minimum atomic E-state index is -0.842. The van der Waals surface area contributed by atoms with Gasteiger partial charge in [0.25, 0.3) is 0 Å². The van der Waals surface area contributed by atoms with E-state index in [9.17, 15) is 4.79 Å². The fraction of sp³-hybridized carbons (Fsp3) is 0.667. The van der Waals surface area contributed by atoms with Crippen LogP contribution in [0.5, 0.6) is 0 Å². The maximum absolute atomic E-state index is 10.2. The third-order valence-electron chi connectivity index (χ3n) is 1.74. The Morgan fingerprint density at radius 1 is 1.64 bits per heavy atom. The Morgan fingerprint density at radius 3 is 2.55 bits per heavy atom. The molecule has 0 radical (unpaired) electrons. The van der Waals surface area contributed by atoms with Gasteiger partial charge in [0.15, 0.2) is 0 Å². The van der Waals surface area contributed by atoms with Gasteiger partial charge < -0.3 is 5.11 Å². The summed E-state index contributed by atoms with van der Waals surface area (Å²) in [4.78, 5) is 10.2. The molecule has 0 aromatic heterocycles. The van der Waals surface area contributed by atoms with Crippen LogP contribution >= 0.6 is 0 Å². The SMILES string of the molecule is CCC(C)C/C(C)=C/C(=O)O. The second kappa shape index (κ2) is 4.94. The summed E-state index contributed by atoms with van der Waals surface area (Å²) in [5, 5.41) is 8.39. The van der Waals surface area contributed by atoms with E-state index in [2.05, 4.69) is 13.8 Å². The summed E-state index contributed by atoms with van der Waals surface area (Å²) in [7, 11) is 0. The van der Waals surface area contributed by atoms with Crippen molar-refractivity contribution in [1.29, 1.82) is 0 Å². The first-order valence-corrected chi connectivity index (χ1v) is 3.96. The van der Waals surface area contributed by atoms with Crippen LogP contribution in [-0.2, 0) is 4.79 Å². The van der Waals surface area contributed by atoms with Gasteiger partial charge in [-0.1, -0.05) is 25.8 Å². The molecule has 0 spiro atoms. The third kappa shape index (κ3) is 5.64. The van der Waals surface area contributed by atoms with Crippen LogP contribution in [0.1, 0.15) is 33.6 Å². The molecule has 0 aliphatic heterocycles. The average Bonchev–Trinajstić information content (AvgIpc) is 1.85. The molecule has 0 aliphatic rings. The van der Waals surface area contributed by atoms with Gasteiger partial charge in [0.05, 0.1) is 0 Å². The Balaban J connectivity index is 3.85. The molecule has 0 aromatic carbocycles. The van der Waals surface area contributed by atoms with E-state index >= 15 is 0 Å². The molecule has 1 N–H and O–H groups in total. The lowest BCUT2D eigenvalue weighted by molar-refractivity contribution is -0.131. The highest BCUT2D eigenvalue weighted by Gasteiger charge is 2.00. The largest absolute Gasteiger partial charge is 0.478 e. The summed E-state index contributed by atoms with van der Waals surface area (Å²) >= 11 is 0.